The van der Waals surface area contributed by atoms with Gasteiger partial charge in [-0.1, -0.05) is 71.2 Å². The van der Waals surface area contributed by atoms with Gasteiger partial charge in [0.2, 0.25) is 0 Å². The molecule has 0 saturated carbocycles. The van der Waals surface area contributed by atoms with Crippen molar-refractivity contribution in [3.63, 3.8) is 0 Å². The highest BCUT2D eigenvalue weighted by atomic mass is 35.5. The lowest BCUT2D eigenvalue weighted by molar-refractivity contribution is 0.0667. The average Bonchev–Trinajstić information content (AvgIpc) is 2.66. The molecule has 1 unspecified atom stereocenters. The summed E-state index contributed by atoms with van der Waals surface area (Å²) in [6, 6.07) is 20.2. The molecule has 0 spiro atoms. The van der Waals surface area contributed by atoms with E-state index >= 15 is 0 Å². The van der Waals surface area contributed by atoms with Gasteiger partial charge in [-0.15, -0.1) is 0 Å². The monoisotopic (exact) mass is 416 g/mol. The first kappa shape index (κ1) is 18.2. The number of hydrogen-bond donors (Lipinski definition) is 1. The molecule has 3 aromatic rings. The van der Waals surface area contributed by atoms with Crippen molar-refractivity contribution in [3.8, 4) is 0 Å². The molecule has 1 amide bonds. The van der Waals surface area contributed by atoms with E-state index < -0.39 is 6.17 Å². The van der Waals surface area contributed by atoms with E-state index in [4.69, 9.17) is 34.8 Å². The number of carbonyl (C=O) groups excluding carboxylic acids is 1. The third kappa shape index (κ3) is 3.51. The maximum atomic E-state index is 13.3. The van der Waals surface area contributed by atoms with Gasteiger partial charge in [0.25, 0.3) is 5.91 Å². The van der Waals surface area contributed by atoms with E-state index in [1.165, 1.54) is 0 Å². The number of anilines is 1. The van der Waals surface area contributed by atoms with Gasteiger partial charge in [0, 0.05) is 32.9 Å². The largest absolute Gasteiger partial charge is 0.361 e. The summed E-state index contributed by atoms with van der Waals surface area (Å²) in [6.45, 7) is 0.351. The van der Waals surface area contributed by atoms with Gasteiger partial charge in [0.1, 0.15) is 6.17 Å². The van der Waals surface area contributed by atoms with Crippen molar-refractivity contribution in [3.05, 3.63) is 98.5 Å². The summed E-state index contributed by atoms with van der Waals surface area (Å²) in [5.41, 5.74) is 3.03. The molecule has 0 aromatic heterocycles. The Kier molecular flexibility index (Phi) is 5.00. The van der Waals surface area contributed by atoms with E-state index in [1.54, 1.807) is 17.0 Å². The van der Waals surface area contributed by atoms with Crippen LogP contribution in [0, 0.1) is 0 Å². The lowest BCUT2D eigenvalue weighted by Gasteiger charge is -2.38. The lowest BCUT2D eigenvalue weighted by Crippen LogP contribution is -2.42. The van der Waals surface area contributed by atoms with Crippen molar-refractivity contribution in [2.45, 2.75) is 12.7 Å². The van der Waals surface area contributed by atoms with Crippen LogP contribution in [0.4, 0.5) is 5.69 Å². The Labute approximate surface area is 172 Å². The number of benzene rings is 3. The molecule has 0 aliphatic carbocycles. The Morgan fingerprint density at radius 3 is 2.41 bits per heavy atom. The zero-order valence-corrected chi connectivity index (χ0v) is 16.4. The van der Waals surface area contributed by atoms with E-state index in [1.807, 2.05) is 54.6 Å². The molecule has 27 heavy (non-hydrogen) atoms. The van der Waals surface area contributed by atoms with Gasteiger partial charge in [-0.25, -0.2) is 0 Å². The minimum Gasteiger partial charge on any atom is -0.361 e. The summed E-state index contributed by atoms with van der Waals surface area (Å²) in [6.07, 6.45) is -0.437. The number of halogens is 3. The molecule has 1 N–H and O–H groups in total. The van der Waals surface area contributed by atoms with Gasteiger partial charge in [0.15, 0.2) is 0 Å². The number of fused-ring (bicyclic) bond motifs is 1. The van der Waals surface area contributed by atoms with E-state index in [9.17, 15) is 4.79 Å². The molecule has 1 heterocycles. The standard InChI is InChI=1S/C21H15Cl3N2O/c22-14-9-10-15(18(24)11-14)20-25-19-8-4-2-6-16(19)21(27)26(20)12-13-5-1-3-7-17(13)23/h1-11,20,25H,12H2. The number of amides is 1. The highest BCUT2D eigenvalue weighted by Crippen LogP contribution is 2.38. The normalized spacial score (nSPS) is 16.0. The Morgan fingerprint density at radius 2 is 1.63 bits per heavy atom. The van der Waals surface area contributed by atoms with E-state index in [2.05, 4.69) is 5.32 Å². The first-order valence-electron chi connectivity index (χ1n) is 8.39. The van der Waals surface area contributed by atoms with E-state index in [0.29, 0.717) is 27.2 Å². The summed E-state index contributed by atoms with van der Waals surface area (Å²) in [5.74, 6) is -0.0831. The third-order valence-electron chi connectivity index (χ3n) is 4.58. The van der Waals surface area contributed by atoms with Crippen LogP contribution in [0.25, 0.3) is 0 Å². The minimum atomic E-state index is -0.437. The number of hydrogen-bond acceptors (Lipinski definition) is 2. The Balaban J connectivity index is 1.81. The molecule has 6 heteroatoms. The lowest BCUT2D eigenvalue weighted by atomic mass is 10.0. The topological polar surface area (TPSA) is 32.3 Å². The predicted molar refractivity (Wildman–Crippen MR) is 111 cm³/mol. The van der Waals surface area contributed by atoms with Crippen LogP contribution in [0.3, 0.4) is 0 Å². The van der Waals surface area contributed by atoms with Gasteiger partial charge in [-0.05, 0) is 35.9 Å². The molecule has 0 radical (unpaired) electrons. The third-order valence-corrected chi connectivity index (χ3v) is 5.51. The van der Waals surface area contributed by atoms with Crippen molar-refractivity contribution >= 4 is 46.4 Å². The van der Waals surface area contributed by atoms with Gasteiger partial charge < -0.3 is 10.2 Å². The number of nitrogens with one attached hydrogen (secondary N) is 1. The number of para-hydroxylation sites is 1. The van der Waals surface area contributed by atoms with Gasteiger partial charge in [0.05, 0.1) is 5.56 Å². The SMILES string of the molecule is O=C1c2ccccc2NC(c2ccc(Cl)cc2Cl)N1Cc1ccccc1Cl. The maximum Gasteiger partial charge on any atom is 0.258 e. The second-order valence-electron chi connectivity index (χ2n) is 6.28. The van der Waals surface area contributed by atoms with Crippen LogP contribution in [0.1, 0.15) is 27.7 Å². The Morgan fingerprint density at radius 1 is 0.889 bits per heavy atom. The molecule has 0 saturated heterocycles. The first-order valence-corrected chi connectivity index (χ1v) is 9.53. The van der Waals surface area contributed by atoms with E-state index in [-0.39, 0.29) is 5.91 Å². The highest BCUT2D eigenvalue weighted by Gasteiger charge is 2.34. The minimum absolute atomic E-state index is 0.0831. The average molecular weight is 418 g/mol. The number of rotatable bonds is 3. The molecular weight excluding hydrogens is 403 g/mol. The summed E-state index contributed by atoms with van der Waals surface area (Å²) in [7, 11) is 0. The second kappa shape index (κ2) is 7.43. The maximum absolute atomic E-state index is 13.3. The molecule has 3 nitrogen and oxygen atoms in total. The highest BCUT2D eigenvalue weighted by molar-refractivity contribution is 6.35. The van der Waals surface area contributed by atoms with Gasteiger partial charge >= 0.3 is 0 Å². The van der Waals surface area contributed by atoms with Gasteiger partial charge in [-0.2, -0.15) is 0 Å². The quantitative estimate of drug-likeness (QED) is 0.534. The van der Waals surface area contributed by atoms with Crippen molar-refractivity contribution in [2.24, 2.45) is 0 Å². The van der Waals surface area contributed by atoms with Crippen LogP contribution < -0.4 is 5.32 Å². The fourth-order valence-corrected chi connectivity index (χ4v) is 3.94. The molecule has 0 bridgehead atoms. The zero-order chi connectivity index (χ0) is 19.0. The van der Waals surface area contributed by atoms with Crippen LogP contribution in [-0.4, -0.2) is 10.8 Å². The van der Waals surface area contributed by atoms with Crippen molar-refractivity contribution in [1.82, 2.24) is 4.90 Å². The van der Waals surface area contributed by atoms with Gasteiger partial charge in [-0.3, -0.25) is 4.79 Å². The molecular formula is C21H15Cl3N2O. The molecule has 1 aliphatic heterocycles. The van der Waals surface area contributed by atoms with Crippen LogP contribution in [0.2, 0.25) is 15.1 Å². The summed E-state index contributed by atoms with van der Waals surface area (Å²) >= 11 is 18.8. The van der Waals surface area contributed by atoms with E-state index in [0.717, 1.165) is 16.8 Å². The second-order valence-corrected chi connectivity index (χ2v) is 7.53. The van der Waals surface area contributed by atoms with Crippen LogP contribution in [-0.2, 0) is 6.54 Å². The molecule has 1 aliphatic rings. The van der Waals surface area contributed by atoms with Crippen LogP contribution in [0.15, 0.2) is 66.7 Å². The molecule has 3 aromatic carbocycles. The molecule has 0 fully saturated rings. The van der Waals surface area contributed by atoms with Crippen molar-refractivity contribution in [1.29, 1.82) is 0 Å². The summed E-state index contributed by atoms with van der Waals surface area (Å²) in [5, 5.41) is 5.09. The van der Waals surface area contributed by atoms with Crippen molar-refractivity contribution < 1.29 is 4.79 Å². The Bertz CT molecular complexity index is 1020. The predicted octanol–water partition coefficient (Wildman–Crippen LogP) is 6.41. The summed E-state index contributed by atoms with van der Waals surface area (Å²) in [4.78, 5) is 15.0. The number of nitrogens with zero attached hydrogens (tertiary/aromatic N) is 1. The zero-order valence-electron chi connectivity index (χ0n) is 14.1. The van der Waals surface area contributed by atoms with Crippen molar-refractivity contribution in [2.75, 3.05) is 5.32 Å². The summed E-state index contributed by atoms with van der Waals surface area (Å²) < 4.78 is 0. The fourth-order valence-electron chi connectivity index (χ4n) is 3.23. The molecule has 136 valence electrons. The van der Waals surface area contributed by atoms with Crippen LogP contribution >= 0.6 is 34.8 Å². The molecule has 1 atom stereocenters. The van der Waals surface area contributed by atoms with Crippen LogP contribution in [0.5, 0.6) is 0 Å². The molecule has 4 rings (SSSR count). The smallest absolute Gasteiger partial charge is 0.258 e. The first-order chi connectivity index (χ1) is 13.0. The Hall–Kier alpha value is -2.20. The fraction of sp³-hybridized carbons (Fsp3) is 0.0952. The number of carbonyl (C=O) groups is 1.